The maximum absolute atomic E-state index is 13.2. The zero-order chi connectivity index (χ0) is 18.3. The first kappa shape index (κ1) is 20.3. The number of halogens is 1. The summed E-state index contributed by atoms with van der Waals surface area (Å²) in [5, 5.41) is 0. The lowest BCUT2D eigenvalue weighted by Crippen LogP contribution is -2.50. The third kappa shape index (κ3) is 4.07. The molecule has 2 bridgehead atoms. The van der Waals surface area contributed by atoms with Gasteiger partial charge >= 0.3 is 0 Å². The Bertz CT molecular complexity index is 706. The first-order valence-electron chi connectivity index (χ1n) is 10.2. The molecule has 0 saturated heterocycles. The van der Waals surface area contributed by atoms with Crippen molar-refractivity contribution in [1.29, 1.82) is 0 Å². The fraction of sp³-hybridized carbons (Fsp3) is 0.636. The van der Waals surface area contributed by atoms with E-state index in [2.05, 4.69) is 11.0 Å². The lowest BCUT2D eigenvalue weighted by atomic mass is 9.65. The molecule has 27 heavy (non-hydrogen) atoms. The van der Waals surface area contributed by atoms with Crippen molar-refractivity contribution in [2.75, 3.05) is 13.1 Å². The molecule has 1 aromatic carbocycles. The summed E-state index contributed by atoms with van der Waals surface area (Å²) in [5.41, 5.74) is 9.69. The van der Waals surface area contributed by atoms with E-state index in [1.807, 2.05) is 12.1 Å². The number of fused-ring (bicyclic) bond motifs is 3. The van der Waals surface area contributed by atoms with E-state index in [1.54, 1.807) is 6.92 Å². The molecule has 1 aromatic rings. The van der Waals surface area contributed by atoms with Gasteiger partial charge in [-0.15, -0.1) is 12.4 Å². The molecule has 2 fully saturated rings. The van der Waals surface area contributed by atoms with Crippen molar-refractivity contribution < 1.29 is 9.59 Å². The highest BCUT2D eigenvalue weighted by atomic mass is 35.5. The average molecular weight is 391 g/mol. The van der Waals surface area contributed by atoms with E-state index in [0.29, 0.717) is 23.8 Å². The fourth-order valence-electron chi connectivity index (χ4n) is 5.41. The normalized spacial score (nSPS) is 29.9. The molecule has 148 valence electrons. The van der Waals surface area contributed by atoms with Crippen LogP contribution >= 0.6 is 12.4 Å². The molecule has 2 atom stereocenters. The second-order valence-electron chi connectivity index (χ2n) is 8.56. The minimum atomic E-state index is 0. The maximum atomic E-state index is 13.2. The smallest absolute Gasteiger partial charge is 0.225 e. The fourth-order valence-corrected chi connectivity index (χ4v) is 5.41. The van der Waals surface area contributed by atoms with Crippen LogP contribution in [0.3, 0.4) is 0 Å². The SMILES string of the molecule is CC(=O)c1ccc2c(c1)CCN(C(=O)C1CC3CCCC(C1)C3N)CC2.Cl. The topological polar surface area (TPSA) is 63.4 Å². The Morgan fingerprint density at radius 1 is 1.04 bits per heavy atom. The molecule has 2 saturated carbocycles. The van der Waals surface area contributed by atoms with Gasteiger partial charge in [0.2, 0.25) is 5.91 Å². The maximum Gasteiger partial charge on any atom is 0.225 e. The Labute approximate surface area is 168 Å². The van der Waals surface area contributed by atoms with Crippen LogP contribution in [-0.2, 0) is 17.6 Å². The van der Waals surface area contributed by atoms with Gasteiger partial charge < -0.3 is 10.6 Å². The zero-order valence-electron chi connectivity index (χ0n) is 16.2. The van der Waals surface area contributed by atoms with E-state index in [1.165, 1.54) is 30.4 Å². The van der Waals surface area contributed by atoms with Crippen molar-refractivity contribution >= 4 is 24.1 Å². The van der Waals surface area contributed by atoms with Gasteiger partial charge in [-0.3, -0.25) is 9.59 Å². The van der Waals surface area contributed by atoms with Crippen LogP contribution in [0.2, 0.25) is 0 Å². The Hall–Kier alpha value is -1.39. The van der Waals surface area contributed by atoms with Crippen LogP contribution in [0.25, 0.3) is 0 Å². The van der Waals surface area contributed by atoms with E-state index < -0.39 is 0 Å². The van der Waals surface area contributed by atoms with Crippen molar-refractivity contribution in [2.24, 2.45) is 23.5 Å². The third-order valence-electron chi connectivity index (χ3n) is 6.99. The van der Waals surface area contributed by atoms with Gasteiger partial charge in [0.05, 0.1) is 0 Å². The van der Waals surface area contributed by atoms with Crippen LogP contribution in [0.4, 0.5) is 0 Å². The molecule has 2 N–H and O–H groups in total. The predicted molar refractivity (Wildman–Crippen MR) is 109 cm³/mol. The van der Waals surface area contributed by atoms with Gasteiger partial charge in [0.15, 0.2) is 5.78 Å². The minimum absolute atomic E-state index is 0. The highest BCUT2D eigenvalue weighted by Crippen LogP contribution is 2.42. The van der Waals surface area contributed by atoms with E-state index in [4.69, 9.17) is 5.73 Å². The van der Waals surface area contributed by atoms with Crippen LogP contribution in [-0.4, -0.2) is 35.7 Å². The number of hydrogen-bond acceptors (Lipinski definition) is 3. The van der Waals surface area contributed by atoms with Gasteiger partial charge in [0, 0.05) is 30.6 Å². The van der Waals surface area contributed by atoms with Gasteiger partial charge in [-0.2, -0.15) is 0 Å². The molecule has 1 amide bonds. The summed E-state index contributed by atoms with van der Waals surface area (Å²) in [5.74, 6) is 1.69. The molecule has 1 heterocycles. The number of Topliss-reactive ketones (excluding diaryl/α,β-unsaturated/α-hetero) is 1. The second kappa shape index (κ2) is 8.32. The monoisotopic (exact) mass is 390 g/mol. The Kier molecular flexibility index (Phi) is 6.27. The molecule has 4 rings (SSSR count). The Morgan fingerprint density at radius 2 is 1.67 bits per heavy atom. The zero-order valence-corrected chi connectivity index (χ0v) is 17.0. The van der Waals surface area contributed by atoms with Gasteiger partial charge in [0.1, 0.15) is 0 Å². The minimum Gasteiger partial charge on any atom is -0.342 e. The van der Waals surface area contributed by atoms with Crippen molar-refractivity contribution in [3.8, 4) is 0 Å². The molecule has 0 aromatic heterocycles. The first-order valence-corrected chi connectivity index (χ1v) is 10.2. The van der Waals surface area contributed by atoms with E-state index in [-0.39, 0.29) is 24.1 Å². The first-order chi connectivity index (χ1) is 12.5. The Balaban J connectivity index is 0.00000210. The van der Waals surface area contributed by atoms with E-state index in [9.17, 15) is 9.59 Å². The average Bonchev–Trinajstić information content (AvgIpc) is 2.83. The largest absolute Gasteiger partial charge is 0.342 e. The van der Waals surface area contributed by atoms with Crippen LogP contribution in [0.1, 0.15) is 60.5 Å². The highest BCUT2D eigenvalue weighted by Gasteiger charge is 2.41. The van der Waals surface area contributed by atoms with Crippen LogP contribution < -0.4 is 5.73 Å². The summed E-state index contributed by atoms with van der Waals surface area (Å²) in [4.78, 5) is 26.9. The molecule has 0 radical (unpaired) electrons. The van der Waals surface area contributed by atoms with Gasteiger partial charge in [-0.1, -0.05) is 18.6 Å². The Morgan fingerprint density at radius 3 is 2.30 bits per heavy atom. The van der Waals surface area contributed by atoms with Crippen LogP contribution in [0.5, 0.6) is 0 Å². The molecule has 0 spiro atoms. The molecule has 1 aliphatic heterocycles. The number of nitrogens with zero attached hydrogens (tertiary/aromatic N) is 1. The highest BCUT2D eigenvalue weighted by molar-refractivity contribution is 5.94. The van der Waals surface area contributed by atoms with Gasteiger partial charge in [0.25, 0.3) is 0 Å². The van der Waals surface area contributed by atoms with Gasteiger partial charge in [-0.25, -0.2) is 0 Å². The molecular formula is C22H31ClN2O2. The standard InChI is InChI=1S/C22H30N2O2.ClH/c1-14(25)16-6-5-15-7-9-24(10-8-17(15)11-16)22(26)20-12-18-3-2-4-19(13-20)21(18)23;/h5-6,11,18-21H,2-4,7-10,12-13,23H2,1H3;1H. The number of ketones is 1. The predicted octanol–water partition coefficient (Wildman–Crippen LogP) is 3.39. The summed E-state index contributed by atoms with van der Waals surface area (Å²) in [6.45, 7) is 3.17. The second-order valence-corrected chi connectivity index (χ2v) is 8.56. The summed E-state index contributed by atoms with van der Waals surface area (Å²) >= 11 is 0. The van der Waals surface area contributed by atoms with E-state index >= 15 is 0 Å². The van der Waals surface area contributed by atoms with Gasteiger partial charge in [-0.05, 0) is 74.5 Å². The number of carbonyl (C=O) groups excluding carboxylic acids is 2. The van der Waals surface area contributed by atoms with Crippen molar-refractivity contribution in [3.63, 3.8) is 0 Å². The van der Waals surface area contributed by atoms with Crippen molar-refractivity contribution in [1.82, 2.24) is 4.90 Å². The van der Waals surface area contributed by atoms with Crippen LogP contribution in [0, 0.1) is 17.8 Å². The summed E-state index contributed by atoms with van der Waals surface area (Å²) < 4.78 is 0. The number of rotatable bonds is 2. The molecule has 2 aliphatic carbocycles. The lowest BCUT2D eigenvalue weighted by Gasteiger charge is -2.44. The van der Waals surface area contributed by atoms with Crippen molar-refractivity contribution in [2.45, 2.75) is 57.9 Å². The summed E-state index contributed by atoms with van der Waals surface area (Å²) in [7, 11) is 0. The third-order valence-corrected chi connectivity index (χ3v) is 6.99. The molecule has 4 nitrogen and oxygen atoms in total. The molecule has 2 unspecified atom stereocenters. The number of hydrogen-bond donors (Lipinski definition) is 1. The summed E-state index contributed by atoms with van der Waals surface area (Å²) in [6, 6.07) is 6.33. The molecule has 5 heteroatoms. The van der Waals surface area contributed by atoms with Crippen LogP contribution in [0.15, 0.2) is 18.2 Å². The number of amides is 1. The van der Waals surface area contributed by atoms with Crippen molar-refractivity contribution in [3.05, 3.63) is 34.9 Å². The summed E-state index contributed by atoms with van der Waals surface area (Å²) in [6.07, 6.45) is 7.37. The van der Waals surface area contributed by atoms with E-state index in [0.717, 1.165) is 44.3 Å². The quantitative estimate of drug-likeness (QED) is 0.787. The molecular weight excluding hydrogens is 360 g/mol. The number of nitrogens with two attached hydrogens (primary N) is 1. The number of benzene rings is 1. The lowest BCUT2D eigenvalue weighted by molar-refractivity contribution is -0.138. The number of carbonyl (C=O) groups is 2. The molecule has 3 aliphatic rings.